The molecule has 1 heterocycles. The maximum Gasteiger partial charge on any atom is 0.435 e. The number of carbonyl (C=O) groups is 4. The lowest BCUT2D eigenvalue weighted by molar-refractivity contribution is -0.141. The van der Waals surface area contributed by atoms with Crippen molar-refractivity contribution in [1.82, 2.24) is 15.3 Å². The van der Waals surface area contributed by atoms with Crippen molar-refractivity contribution in [3.63, 3.8) is 0 Å². The maximum absolute atomic E-state index is 13.7. The lowest BCUT2D eigenvalue weighted by atomic mass is 9.75. The summed E-state index contributed by atoms with van der Waals surface area (Å²) in [6, 6.07) is 3.81. The van der Waals surface area contributed by atoms with Gasteiger partial charge in [0.2, 0.25) is 11.8 Å². The summed E-state index contributed by atoms with van der Waals surface area (Å²) in [6.07, 6.45) is -4.97. The van der Waals surface area contributed by atoms with Gasteiger partial charge >= 0.3 is 6.18 Å². The normalized spacial score (nSPS) is 14.9. The molecule has 0 aliphatic heterocycles. The SMILES string of the molecule is CC1(C)CC(=O)c2c(C(F)(F)F)nn(-c3ccc(C(N)=O)c(NC(=O)CCCC(=O)NO)c3)c2C1. The number of benzene rings is 1. The van der Waals surface area contributed by atoms with Crippen LogP contribution in [0.15, 0.2) is 18.2 Å². The molecule has 10 nitrogen and oxygen atoms in total. The highest BCUT2D eigenvalue weighted by atomic mass is 19.4. The van der Waals surface area contributed by atoms with Crippen LogP contribution in [0.4, 0.5) is 18.9 Å². The van der Waals surface area contributed by atoms with Crippen LogP contribution < -0.4 is 16.5 Å². The molecule has 0 fully saturated rings. The van der Waals surface area contributed by atoms with E-state index >= 15 is 0 Å². The Kier molecular flexibility index (Phi) is 7.01. The lowest BCUT2D eigenvalue weighted by Crippen LogP contribution is -2.29. The van der Waals surface area contributed by atoms with Crippen LogP contribution in [0.5, 0.6) is 0 Å². The summed E-state index contributed by atoms with van der Waals surface area (Å²) in [4.78, 5) is 47.9. The topological polar surface area (TPSA) is 156 Å². The van der Waals surface area contributed by atoms with E-state index in [4.69, 9.17) is 10.9 Å². The molecule has 1 aliphatic rings. The predicted molar refractivity (Wildman–Crippen MR) is 116 cm³/mol. The van der Waals surface area contributed by atoms with Crippen LogP contribution in [0.25, 0.3) is 5.69 Å². The Balaban J connectivity index is 2.03. The van der Waals surface area contributed by atoms with Crippen LogP contribution in [0.3, 0.4) is 0 Å². The summed E-state index contributed by atoms with van der Waals surface area (Å²) in [6.45, 7) is 3.52. The van der Waals surface area contributed by atoms with Crippen molar-refractivity contribution in [2.75, 3.05) is 5.32 Å². The van der Waals surface area contributed by atoms with Gasteiger partial charge in [0.05, 0.1) is 28.2 Å². The van der Waals surface area contributed by atoms with Crippen molar-refractivity contribution in [2.24, 2.45) is 11.1 Å². The molecule has 5 N–H and O–H groups in total. The third-order valence-electron chi connectivity index (χ3n) is 5.53. The van der Waals surface area contributed by atoms with Gasteiger partial charge in [0.1, 0.15) is 0 Å². The van der Waals surface area contributed by atoms with Crippen molar-refractivity contribution < 1.29 is 37.6 Å². The van der Waals surface area contributed by atoms with Crippen LogP contribution in [-0.2, 0) is 22.2 Å². The molecular weight excluding hydrogens is 471 g/mol. The Hall–Kier alpha value is -3.74. The number of hydrogen-bond donors (Lipinski definition) is 4. The number of hydrogen-bond acceptors (Lipinski definition) is 6. The molecule has 3 amide bonds. The zero-order chi connectivity index (χ0) is 26.1. The lowest BCUT2D eigenvalue weighted by Gasteiger charge is -2.29. The molecule has 0 radical (unpaired) electrons. The minimum Gasteiger partial charge on any atom is -0.366 e. The van der Waals surface area contributed by atoms with E-state index in [-0.39, 0.29) is 54.7 Å². The Bertz CT molecular complexity index is 1200. The average molecular weight is 495 g/mol. The van der Waals surface area contributed by atoms with Crippen LogP contribution >= 0.6 is 0 Å². The van der Waals surface area contributed by atoms with Crippen molar-refractivity contribution in [3.05, 3.63) is 40.7 Å². The summed E-state index contributed by atoms with van der Waals surface area (Å²) >= 11 is 0. The fourth-order valence-electron chi connectivity index (χ4n) is 4.02. The largest absolute Gasteiger partial charge is 0.435 e. The van der Waals surface area contributed by atoms with Gasteiger partial charge in [-0.1, -0.05) is 13.8 Å². The van der Waals surface area contributed by atoms with Crippen LogP contribution in [0.1, 0.15) is 71.6 Å². The van der Waals surface area contributed by atoms with E-state index in [1.165, 1.54) is 23.7 Å². The highest BCUT2D eigenvalue weighted by Gasteiger charge is 2.45. The zero-order valence-electron chi connectivity index (χ0n) is 19.0. The number of nitrogens with zero attached hydrogens (tertiary/aromatic N) is 2. The first kappa shape index (κ1) is 25.9. The maximum atomic E-state index is 13.7. The molecule has 1 aromatic carbocycles. The van der Waals surface area contributed by atoms with Gasteiger partial charge in [-0.15, -0.1) is 0 Å². The molecule has 0 spiro atoms. The van der Waals surface area contributed by atoms with Gasteiger partial charge in [0, 0.05) is 19.3 Å². The number of halogens is 3. The van der Waals surface area contributed by atoms with E-state index in [2.05, 4.69) is 10.4 Å². The van der Waals surface area contributed by atoms with E-state index in [0.29, 0.717) is 0 Å². The van der Waals surface area contributed by atoms with E-state index in [1.54, 1.807) is 13.8 Å². The molecule has 0 saturated heterocycles. The molecule has 1 aromatic heterocycles. The summed E-state index contributed by atoms with van der Waals surface area (Å²) in [5.74, 6) is -2.82. The molecule has 35 heavy (non-hydrogen) atoms. The highest BCUT2D eigenvalue weighted by Crippen LogP contribution is 2.42. The van der Waals surface area contributed by atoms with Gasteiger partial charge in [-0.25, -0.2) is 10.2 Å². The first-order chi connectivity index (χ1) is 16.2. The summed E-state index contributed by atoms with van der Waals surface area (Å²) < 4.78 is 42.1. The second-order valence-corrected chi connectivity index (χ2v) is 9.05. The van der Waals surface area contributed by atoms with Gasteiger partial charge in [0.15, 0.2) is 11.5 Å². The molecule has 0 atom stereocenters. The Morgan fingerprint density at radius 2 is 1.83 bits per heavy atom. The third-order valence-corrected chi connectivity index (χ3v) is 5.53. The van der Waals surface area contributed by atoms with Gasteiger partial charge in [0.25, 0.3) is 5.91 Å². The minimum absolute atomic E-state index is 0.0641. The van der Waals surface area contributed by atoms with E-state index in [9.17, 15) is 32.3 Å². The Labute approximate surface area is 197 Å². The molecule has 1 aliphatic carbocycles. The first-order valence-corrected chi connectivity index (χ1v) is 10.6. The number of fused-ring (bicyclic) bond motifs is 1. The van der Waals surface area contributed by atoms with Crippen molar-refractivity contribution in [1.29, 1.82) is 0 Å². The minimum atomic E-state index is -4.86. The number of ketones is 1. The monoisotopic (exact) mass is 495 g/mol. The van der Waals surface area contributed by atoms with E-state index < -0.39 is 46.4 Å². The van der Waals surface area contributed by atoms with E-state index in [1.807, 2.05) is 0 Å². The number of alkyl halides is 3. The second kappa shape index (κ2) is 9.49. The number of primary amides is 1. The molecule has 188 valence electrons. The number of carbonyl (C=O) groups excluding carboxylic acids is 4. The second-order valence-electron chi connectivity index (χ2n) is 9.05. The summed E-state index contributed by atoms with van der Waals surface area (Å²) in [7, 11) is 0. The quantitative estimate of drug-likeness (QED) is 0.342. The smallest absolute Gasteiger partial charge is 0.366 e. The van der Waals surface area contributed by atoms with Crippen LogP contribution in [0, 0.1) is 5.41 Å². The molecule has 0 bridgehead atoms. The molecule has 3 rings (SSSR count). The van der Waals surface area contributed by atoms with E-state index in [0.717, 1.165) is 4.68 Å². The number of nitrogens with two attached hydrogens (primary N) is 1. The van der Waals surface area contributed by atoms with Crippen LogP contribution in [-0.4, -0.2) is 38.5 Å². The van der Waals surface area contributed by atoms with Gasteiger partial charge in [-0.3, -0.25) is 24.4 Å². The predicted octanol–water partition coefficient (Wildman–Crippen LogP) is 2.76. The third kappa shape index (κ3) is 5.67. The van der Waals surface area contributed by atoms with Crippen molar-refractivity contribution >= 4 is 29.2 Å². The fraction of sp³-hybridized carbons (Fsp3) is 0.409. The Morgan fingerprint density at radius 1 is 1.17 bits per heavy atom. The first-order valence-electron chi connectivity index (χ1n) is 10.6. The molecule has 0 unspecified atom stereocenters. The zero-order valence-corrected chi connectivity index (χ0v) is 19.0. The molecular formula is C22H24F3N5O5. The number of nitrogens with one attached hydrogen (secondary N) is 2. The summed E-state index contributed by atoms with van der Waals surface area (Å²) in [5.41, 5.74) is 4.45. The standard InChI is InChI=1S/C22H24F3N5O5/c1-21(2)9-14-18(15(31)10-21)19(22(23,24)25)28-30(14)11-6-7-12(20(26)34)13(8-11)27-16(32)4-3-5-17(33)29-35/h6-8,35H,3-5,9-10H2,1-2H3,(H2,26,34)(H,27,32)(H,29,33). The number of aromatic nitrogens is 2. The summed E-state index contributed by atoms with van der Waals surface area (Å²) in [5, 5.41) is 14.7. The Morgan fingerprint density at radius 3 is 2.43 bits per heavy atom. The average Bonchev–Trinajstić information content (AvgIpc) is 3.12. The molecule has 2 aromatic rings. The number of amides is 3. The van der Waals surface area contributed by atoms with Gasteiger partial charge in [-0.2, -0.15) is 18.3 Å². The van der Waals surface area contributed by atoms with Crippen LogP contribution in [0.2, 0.25) is 0 Å². The van der Waals surface area contributed by atoms with Gasteiger partial charge < -0.3 is 11.1 Å². The van der Waals surface area contributed by atoms with Crippen molar-refractivity contribution in [2.45, 2.75) is 52.1 Å². The number of Topliss-reactive ketones (excluding diaryl/α,β-unsaturated/α-hetero) is 1. The highest BCUT2D eigenvalue weighted by molar-refractivity contribution is 6.03. The van der Waals surface area contributed by atoms with Crippen molar-refractivity contribution in [3.8, 4) is 5.69 Å². The van der Waals surface area contributed by atoms with Gasteiger partial charge in [-0.05, 0) is 36.5 Å². The number of hydroxylamine groups is 1. The molecule has 0 saturated carbocycles. The number of anilines is 1. The molecule has 13 heteroatoms. The fourth-order valence-corrected chi connectivity index (χ4v) is 4.02. The number of rotatable bonds is 7.